The normalized spacial score (nSPS) is 21.1. The van der Waals surface area contributed by atoms with Crippen molar-refractivity contribution in [3.8, 4) is 0 Å². The topological polar surface area (TPSA) is 46.3 Å². The second kappa shape index (κ2) is 4.99. The summed E-state index contributed by atoms with van der Waals surface area (Å²) in [5.74, 6) is 1.22. The molecule has 1 amide bonds. The SMILES string of the molecule is Cc1oncc1C(=O)N1CCCC(CBr)C1. The van der Waals surface area contributed by atoms with Gasteiger partial charge < -0.3 is 9.42 Å². The van der Waals surface area contributed by atoms with Gasteiger partial charge in [-0.1, -0.05) is 21.1 Å². The summed E-state index contributed by atoms with van der Waals surface area (Å²) in [6.07, 6.45) is 3.78. The van der Waals surface area contributed by atoms with Gasteiger partial charge in [0.15, 0.2) is 0 Å². The van der Waals surface area contributed by atoms with Crippen LogP contribution in [0.15, 0.2) is 10.7 Å². The quantitative estimate of drug-likeness (QED) is 0.784. The lowest BCUT2D eigenvalue weighted by molar-refractivity contribution is 0.0684. The average Bonchev–Trinajstić information content (AvgIpc) is 2.74. The summed E-state index contributed by atoms with van der Waals surface area (Å²) in [6, 6.07) is 0. The minimum atomic E-state index is 0.0457. The number of aromatic nitrogens is 1. The van der Waals surface area contributed by atoms with Gasteiger partial charge in [0.2, 0.25) is 0 Å². The zero-order valence-corrected chi connectivity index (χ0v) is 10.9. The standard InChI is InChI=1S/C11H15BrN2O2/c1-8-10(6-13-16-8)11(15)14-4-2-3-9(5-12)7-14/h6,9H,2-5,7H2,1H3. The Labute approximate surface area is 103 Å². The van der Waals surface area contributed by atoms with Gasteiger partial charge in [0, 0.05) is 18.4 Å². The van der Waals surface area contributed by atoms with Crippen LogP contribution in [0.2, 0.25) is 0 Å². The molecule has 0 spiro atoms. The summed E-state index contributed by atoms with van der Waals surface area (Å²) in [7, 11) is 0. The van der Waals surface area contributed by atoms with Crippen molar-refractivity contribution < 1.29 is 9.32 Å². The Bertz CT molecular complexity index is 378. The number of likely N-dealkylation sites (tertiary alicyclic amines) is 1. The predicted molar refractivity (Wildman–Crippen MR) is 63.7 cm³/mol. The van der Waals surface area contributed by atoms with Crippen molar-refractivity contribution in [2.24, 2.45) is 5.92 Å². The lowest BCUT2D eigenvalue weighted by Crippen LogP contribution is -2.40. The van der Waals surface area contributed by atoms with Crippen LogP contribution in [0.3, 0.4) is 0 Å². The molecule has 0 aromatic carbocycles. The van der Waals surface area contributed by atoms with E-state index in [0.29, 0.717) is 17.2 Å². The van der Waals surface area contributed by atoms with E-state index in [1.807, 2.05) is 4.90 Å². The van der Waals surface area contributed by atoms with Crippen LogP contribution in [0.1, 0.15) is 29.0 Å². The van der Waals surface area contributed by atoms with Gasteiger partial charge in [-0.05, 0) is 25.7 Å². The number of alkyl halides is 1. The lowest BCUT2D eigenvalue weighted by Gasteiger charge is -2.31. The minimum Gasteiger partial charge on any atom is -0.361 e. The van der Waals surface area contributed by atoms with Crippen LogP contribution in [0, 0.1) is 12.8 Å². The number of carbonyl (C=O) groups is 1. The monoisotopic (exact) mass is 286 g/mol. The Balaban J connectivity index is 2.07. The highest BCUT2D eigenvalue weighted by Crippen LogP contribution is 2.20. The van der Waals surface area contributed by atoms with Gasteiger partial charge in [-0.25, -0.2) is 0 Å². The summed E-state index contributed by atoms with van der Waals surface area (Å²) < 4.78 is 4.92. The molecule has 1 aromatic rings. The van der Waals surface area contributed by atoms with Crippen LogP contribution in [-0.2, 0) is 0 Å². The van der Waals surface area contributed by atoms with Crippen molar-refractivity contribution in [2.75, 3.05) is 18.4 Å². The zero-order valence-electron chi connectivity index (χ0n) is 9.28. The van der Waals surface area contributed by atoms with Crippen LogP contribution in [-0.4, -0.2) is 34.4 Å². The maximum absolute atomic E-state index is 12.2. The van der Waals surface area contributed by atoms with Gasteiger partial charge in [-0.2, -0.15) is 0 Å². The van der Waals surface area contributed by atoms with E-state index in [1.54, 1.807) is 6.92 Å². The third-order valence-corrected chi connectivity index (χ3v) is 3.92. The highest BCUT2D eigenvalue weighted by atomic mass is 79.9. The first-order chi connectivity index (χ1) is 7.72. The van der Waals surface area contributed by atoms with Crippen LogP contribution >= 0.6 is 15.9 Å². The molecule has 0 aliphatic carbocycles. The van der Waals surface area contributed by atoms with Crippen molar-refractivity contribution in [1.29, 1.82) is 0 Å². The Morgan fingerprint density at radius 2 is 2.56 bits per heavy atom. The summed E-state index contributed by atoms with van der Waals surface area (Å²) in [5.41, 5.74) is 0.593. The molecule has 4 nitrogen and oxygen atoms in total. The molecule has 1 atom stereocenters. The molecule has 2 rings (SSSR count). The van der Waals surface area contributed by atoms with Gasteiger partial charge in [0.1, 0.15) is 11.3 Å². The Hall–Kier alpha value is -0.840. The van der Waals surface area contributed by atoms with Gasteiger partial charge in [0.05, 0.1) is 6.20 Å². The first-order valence-electron chi connectivity index (χ1n) is 5.49. The summed E-state index contributed by atoms with van der Waals surface area (Å²) in [6.45, 7) is 3.44. The maximum atomic E-state index is 12.2. The first kappa shape index (κ1) is 11.6. The van der Waals surface area contributed by atoms with Gasteiger partial charge in [-0.15, -0.1) is 0 Å². The molecule has 88 valence electrons. The number of hydrogen-bond acceptors (Lipinski definition) is 3. The molecule has 0 saturated carbocycles. The lowest BCUT2D eigenvalue weighted by atomic mass is 9.99. The fourth-order valence-corrected chi connectivity index (χ4v) is 2.58. The molecule has 0 bridgehead atoms. The Kier molecular flexibility index (Phi) is 3.63. The number of halogens is 1. The van der Waals surface area contributed by atoms with E-state index in [9.17, 15) is 4.79 Å². The number of piperidine rings is 1. The van der Waals surface area contributed by atoms with Crippen LogP contribution in [0.4, 0.5) is 0 Å². The van der Waals surface area contributed by atoms with E-state index in [0.717, 1.165) is 24.8 Å². The number of aryl methyl sites for hydroxylation is 1. The molecule has 0 N–H and O–H groups in total. The minimum absolute atomic E-state index is 0.0457. The van der Waals surface area contributed by atoms with E-state index < -0.39 is 0 Å². The summed E-state index contributed by atoms with van der Waals surface area (Å²) >= 11 is 3.48. The van der Waals surface area contributed by atoms with Gasteiger partial charge >= 0.3 is 0 Å². The molecule has 1 unspecified atom stereocenters. The molecule has 1 saturated heterocycles. The molecule has 2 heterocycles. The van der Waals surface area contributed by atoms with E-state index in [1.165, 1.54) is 12.6 Å². The molecule has 1 aliphatic heterocycles. The van der Waals surface area contributed by atoms with Crippen LogP contribution in [0.5, 0.6) is 0 Å². The van der Waals surface area contributed by atoms with Crippen molar-refractivity contribution in [3.05, 3.63) is 17.5 Å². The van der Waals surface area contributed by atoms with E-state index in [2.05, 4.69) is 21.1 Å². The molecular formula is C11H15BrN2O2. The molecular weight excluding hydrogens is 272 g/mol. The Morgan fingerprint density at radius 3 is 3.19 bits per heavy atom. The van der Waals surface area contributed by atoms with Crippen molar-refractivity contribution in [1.82, 2.24) is 10.1 Å². The van der Waals surface area contributed by atoms with Crippen molar-refractivity contribution in [3.63, 3.8) is 0 Å². The number of rotatable bonds is 2. The molecule has 1 aromatic heterocycles. The van der Waals surface area contributed by atoms with Crippen molar-refractivity contribution in [2.45, 2.75) is 19.8 Å². The number of carbonyl (C=O) groups excluding carboxylic acids is 1. The molecule has 1 aliphatic rings. The fraction of sp³-hybridized carbons (Fsp3) is 0.636. The second-order valence-corrected chi connectivity index (χ2v) is 4.86. The smallest absolute Gasteiger partial charge is 0.259 e. The van der Waals surface area contributed by atoms with Gasteiger partial charge in [-0.3, -0.25) is 4.79 Å². The fourth-order valence-electron chi connectivity index (χ4n) is 2.05. The number of amides is 1. The third-order valence-electron chi connectivity index (χ3n) is 3.01. The second-order valence-electron chi connectivity index (χ2n) is 4.21. The van der Waals surface area contributed by atoms with Crippen LogP contribution < -0.4 is 0 Å². The summed E-state index contributed by atoms with van der Waals surface area (Å²) in [4.78, 5) is 14.1. The average molecular weight is 287 g/mol. The van der Waals surface area contributed by atoms with Gasteiger partial charge in [0.25, 0.3) is 5.91 Å². The number of nitrogens with zero attached hydrogens (tertiary/aromatic N) is 2. The molecule has 16 heavy (non-hydrogen) atoms. The largest absolute Gasteiger partial charge is 0.361 e. The molecule has 0 radical (unpaired) electrons. The first-order valence-corrected chi connectivity index (χ1v) is 6.61. The maximum Gasteiger partial charge on any atom is 0.259 e. The predicted octanol–water partition coefficient (Wildman–Crippen LogP) is 2.23. The van der Waals surface area contributed by atoms with E-state index in [-0.39, 0.29) is 5.91 Å². The molecule has 1 fully saturated rings. The number of hydrogen-bond donors (Lipinski definition) is 0. The van der Waals surface area contributed by atoms with Crippen LogP contribution in [0.25, 0.3) is 0 Å². The Morgan fingerprint density at radius 1 is 1.75 bits per heavy atom. The third kappa shape index (κ3) is 2.29. The summed E-state index contributed by atoms with van der Waals surface area (Å²) in [5, 5.41) is 4.60. The van der Waals surface area contributed by atoms with E-state index in [4.69, 9.17) is 4.52 Å². The highest BCUT2D eigenvalue weighted by molar-refractivity contribution is 9.09. The van der Waals surface area contributed by atoms with E-state index >= 15 is 0 Å². The highest BCUT2D eigenvalue weighted by Gasteiger charge is 2.25. The van der Waals surface area contributed by atoms with Crippen molar-refractivity contribution >= 4 is 21.8 Å². The molecule has 5 heteroatoms. The zero-order chi connectivity index (χ0) is 11.5.